The van der Waals surface area contributed by atoms with Gasteiger partial charge in [0.25, 0.3) is 0 Å². The zero-order valence-electron chi connectivity index (χ0n) is 8.93. The Morgan fingerprint density at radius 2 is 2.31 bits per heavy atom. The van der Waals surface area contributed by atoms with Gasteiger partial charge in [-0.3, -0.25) is 14.7 Å². The number of amides is 1. The molecule has 1 unspecified atom stereocenters. The van der Waals surface area contributed by atoms with Crippen LogP contribution in [0, 0.1) is 5.92 Å². The van der Waals surface area contributed by atoms with Crippen molar-refractivity contribution in [1.29, 1.82) is 0 Å². The number of carboxylic acid groups (broad SMARTS) is 1. The van der Waals surface area contributed by atoms with Gasteiger partial charge in [0.2, 0.25) is 5.91 Å². The fourth-order valence-electron chi connectivity index (χ4n) is 1.26. The Labute approximate surface area is 92.3 Å². The summed E-state index contributed by atoms with van der Waals surface area (Å²) in [5, 5.41) is 17.4. The molecule has 1 rings (SSSR count). The normalized spacial score (nSPS) is 12.1. The first-order valence-corrected chi connectivity index (χ1v) is 4.90. The monoisotopic (exact) mass is 226 g/mol. The van der Waals surface area contributed by atoms with E-state index in [-0.39, 0.29) is 31.2 Å². The van der Waals surface area contributed by atoms with Crippen molar-refractivity contribution >= 4 is 11.9 Å². The number of aromatic nitrogens is 3. The quantitative estimate of drug-likeness (QED) is 0.628. The van der Waals surface area contributed by atoms with Gasteiger partial charge in [-0.25, -0.2) is 4.98 Å². The minimum atomic E-state index is -0.893. The van der Waals surface area contributed by atoms with E-state index < -0.39 is 5.97 Å². The second-order valence-electron chi connectivity index (χ2n) is 3.62. The maximum Gasteiger partial charge on any atom is 0.303 e. The van der Waals surface area contributed by atoms with E-state index in [0.29, 0.717) is 5.82 Å². The second-order valence-corrected chi connectivity index (χ2v) is 3.62. The van der Waals surface area contributed by atoms with Crippen LogP contribution < -0.4 is 5.32 Å². The average molecular weight is 226 g/mol. The Morgan fingerprint density at radius 1 is 1.56 bits per heavy atom. The Morgan fingerprint density at radius 3 is 2.88 bits per heavy atom. The van der Waals surface area contributed by atoms with Gasteiger partial charge in [0, 0.05) is 12.8 Å². The summed E-state index contributed by atoms with van der Waals surface area (Å²) in [6.07, 6.45) is 1.55. The van der Waals surface area contributed by atoms with Gasteiger partial charge in [0.1, 0.15) is 12.2 Å². The third-order valence-corrected chi connectivity index (χ3v) is 1.97. The second kappa shape index (κ2) is 5.84. The number of hydrogen-bond donors (Lipinski definition) is 3. The fraction of sp³-hybridized carbons (Fsp3) is 0.556. The first-order chi connectivity index (χ1) is 7.58. The van der Waals surface area contributed by atoms with Crippen LogP contribution in [0.1, 0.15) is 25.6 Å². The molecule has 1 amide bonds. The number of rotatable bonds is 6. The number of carbonyl (C=O) groups is 2. The van der Waals surface area contributed by atoms with Gasteiger partial charge in [-0.1, -0.05) is 6.92 Å². The molecule has 3 N–H and O–H groups in total. The zero-order valence-corrected chi connectivity index (χ0v) is 8.93. The summed E-state index contributed by atoms with van der Waals surface area (Å²) in [6, 6.07) is 0. The van der Waals surface area contributed by atoms with Crippen LogP contribution in [0.15, 0.2) is 6.33 Å². The summed E-state index contributed by atoms with van der Waals surface area (Å²) in [5.74, 6) is -0.688. The smallest absolute Gasteiger partial charge is 0.303 e. The third-order valence-electron chi connectivity index (χ3n) is 1.97. The molecule has 0 aromatic carbocycles. The summed E-state index contributed by atoms with van der Waals surface area (Å²) < 4.78 is 0. The summed E-state index contributed by atoms with van der Waals surface area (Å²) >= 11 is 0. The first kappa shape index (κ1) is 12.2. The largest absolute Gasteiger partial charge is 0.481 e. The number of nitrogens with one attached hydrogen (secondary N) is 2. The van der Waals surface area contributed by atoms with Crippen LogP contribution in [0.4, 0.5) is 0 Å². The first-order valence-electron chi connectivity index (χ1n) is 4.90. The lowest BCUT2D eigenvalue weighted by Gasteiger charge is -2.08. The van der Waals surface area contributed by atoms with E-state index in [4.69, 9.17) is 5.11 Å². The molecule has 16 heavy (non-hydrogen) atoms. The predicted octanol–water partition coefficient (Wildman–Crippen LogP) is -0.0782. The van der Waals surface area contributed by atoms with Gasteiger partial charge >= 0.3 is 5.97 Å². The van der Waals surface area contributed by atoms with Gasteiger partial charge < -0.3 is 10.4 Å². The Hall–Kier alpha value is -1.92. The van der Waals surface area contributed by atoms with Crippen LogP contribution >= 0.6 is 0 Å². The van der Waals surface area contributed by atoms with E-state index in [1.54, 1.807) is 6.92 Å². The lowest BCUT2D eigenvalue weighted by atomic mass is 10.0. The molecular weight excluding hydrogens is 212 g/mol. The molecule has 0 bridgehead atoms. The molecule has 7 nitrogen and oxygen atoms in total. The zero-order chi connectivity index (χ0) is 12.0. The van der Waals surface area contributed by atoms with E-state index >= 15 is 0 Å². The Balaban J connectivity index is 2.23. The number of carboxylic acids is 1. The minimum Gasteiger partial charge on any atom is -0.481 e. The highest BCUT2D eigenvalue weighted by Gasteiger charge is 2.12. The Bertz CT molecular complexity index is 350. The molecule has 1 heterocycles. The molecule has 1 atom stereocenters. The number of nitrogens with zero attached hydrogens (tertiary/aromatic N) is 2. The van der Waals surface area contributed by atoms with Crippen molar-refractivity contribution in [2.24, 2.45) is 5.92 Å². The maximum atomic E-state index is 11.4. The molecule has 0 saturated heterocycles. The molecule has 0 radical (unpaired) electrons. The summed E-state index contributed by atoms with van der Waals surface area (Å²) in [4.78, 5) is 25.6. The molecule has 7 heteroatoms. The van der Waals surface area contributed by atoms with Crippen LogP contribution in [0.2, 0.25) is 0 Å². The third kappa shape index (κ3) is 4.54. The lowest BCUT2D eigenvalue weighted by molar-refractivity contribution is -0.138. The van der Waals surface area contributed by atoms with Crippen molar-refractivity contribution in [2.75, 3.05) is 0 Å². The van der Waals surface area contributed by atoms with Gasteiger partial charge in [0.05, 0.1) is 6.54 Å². The number of carbonyl (C=O) groups excluding carboxylic acids is 1. The van der Waals surface area contributed by atoms with Gasteiger partial charge in [-0.15, -0.1) is 0 Å². The van der Waals surface area contributed by atoms with Crippen LogP contribution in [0.25, 0.3) is 0 Å². The molecule has 0 aliphatic carbocycles. The maximum absolute atomic E-state index is 11.4. The van der Waals surface area contributed by atoms with Crippen LogP contribution in [0.3, 0.4) is 0 Å². The number of aliphatic carboxylic acids is 1. The van der Waals surface area contributed by atoms with Crippen molar-refractivity contribution in [2.45, 2.75) is 26.3 Å². The van der Waals surface area contributed by atoms with E-state index in [1.807, 2.05) is 0 Å². The summed E-state index contributed by atoms with van der Waals surface area (Å²) in [5.41, 5.74) is 0. The number of hydrogen-bond acceptors (Lipinski definition) is 4. The van der Waals surface area contributed by atoms with E-state index in [2.05, 4.69) is 20.5 Å². The van der Waals surface area contributed by atoms with Gasteiger partial charge in [-0.2, -0.15) is 5.10 Å². The summed E-state index contributed by atoms with van der Waals surface area (Å²) in [7, 11) is 0. The minimum absolute atomic E-state index is 0.00424. The van der Waals surface area contributed by atoms with Crippen molar-refractivity contribution in [3.63, 3.8) is 0 Å². The van der Waals surface area contributed by atoms with Crippen molar-refractivity contribution in [1.82, 2.24) is 20.5 Å². The lowest BCUT2D eigenvalue weighted by Crippen LogP contribution is -2.25. The molecule has 88 valence electrons. The van der Waals surface area contributed by atoms with Crippen LogP contribution in [0.5, 0.6) is 0 Å². The molecule has 1 aromatic rings. The molecule has 1 aromatic heterocycles. The highest BCUT2D eigenvalue weighted by atomic mass is 16.4. The highest BCUT2D eigenvalue weighted by molar-refractivity contribution is 5.77. The predicted molar refractivity (Wildman–Crippen MR) is 54.3 cm³/mol. The average Bonchev–Trinajstić information content (AvgIpc) is 2.65. The molecule has 0 spiro atoms. The van der Waals surface area contributed by atoms with E-state index in [9.17, 15) is 9.59 Å². The van der Waals surface area contributed by atoms with E-state index in [1.165, 1.54) is 6.33 Å². The van der Waals surface area contributed by atoms with Crippen LogP contribution in [-0.2, 0) is 16.1 Å². The fourth-order valence-corrected chi connectivity index (χ4v) is 1.26. The number of H-pyrrole nitrogens is 1. The van der Waals surface area contributed by atoms with Crippen molar-refractivity contribution < 1.29 is 14.7 Å². The summed E-state index contributed by atoms with van der Waals surface area (Å²) in [6.45, 7) is 2.00. The molecule has 0 aliphatic heterocycles. The molecule has 0 fully saturated rings. The van der Waals surface area contributed by atoms with Crippen molar-refractivity contribution in [3.8, 4) is 0 Å². The van der Waals surface area contributed by atoms with Crippen LogP contribution in [-0.4, -0.2) is 32.2 Å². The molecule has 0 saturated carbocycles. The highest BCUT2D eigenvalue weighted by Crippen LogP contribution is 2.06. The molecule has 0 aliphatic rings. The number of aromatic amines is 1. The topological polar surface area (TPSA) is 108 Å². The van der Waals surface area contributed by atoms with Gasteiger partial charge in [0.15, 0.2) is 0 Å². The standard InChI is InChI=1S/C9H14N4O3/c1-6(3-9(15)16)2-8(14)10-4-7-11-5-12-13-7/h5-6H,2-4H2,1H3,(H,10,14)(H,15,16)(H,11,12,13). The van der Waals surface area contributed by atoms with E-state index in [0.717, 1.165) is 0 Å². The molecular formula is C9H14N4O3. The Kier molecular flexibility index (Phi) is 4.43. The van der Waals surface area contributed by atoms with Crippen molar-refractivity contribution in [3.05, 3.63) is 12.2 Å². The SMILES string of the molecule is CC(CC(=O)O)CC(=O)NCc1ncn[nH]1. The van der Waals surface area contributed by atoms with Gasteiger partial charge in [-0.05, 0) is 5.92 Å².